The quantitative estimate of drug-likeness (QED) is 0.144. The average Bonchev–Trinajstić information content (AvgIpc) is 2.11. The molecule has 16 aromatic rings. The van der Waals surface area contributed by atoms with Gasteiger partial charge in [-0.15, -0.1) is 0 Å². The molecule has 0 atom stereocenters. The molecule has 4 nitrogen and oxygen atoms in total. The van der Waals surface area contributed by atoms with Crippen molar-refractivity contribution in [3.05, 3.63) is 302 Å². The number of para-hydroxylation sites is 2. The molecule has 0 fully saturated rings. The van der Waals surface area contributed by atoms with Gasteiger partial charge in [0.2, 0.25) is 0 Å². The molecule has 0 spiro atoms. The highest BCUT2D eigenvalue weighted by Crippen LogP contribution is 2.43. The van der Waals surface area contributed by atoms with Crippen molar-refractivity contribution >= 4 is 65.2 Å². The van der Waals surface area contributed by atoms with Crippen molar-refractivity contribution in [3.8, 4) is 89.7 Å². The van der Waals surface area contributed by atoms with Gasteiger partial charge in [-0.25, -0.2) is 4.98 Å². The van der Waals surface area contributed by atoms with Gasteiger partial charge >= 0.3 is 0 Å². The van der Waals surface area contributed by atoms with E-state index in [4.69, 9.17) is 9.97 Å². The molecule has 394 valence electrons. The Morgan fingerprint density at radius 2 is 0.738 bits per heavy atom. The SMILES string of the molecule is Cc1cc(-c2cc(-c3ccc4ccccc4c3)nc(-c3ccc(-n4c5ccccc5c5cc(-c6ccccc6)ccc54)cc3C)c2)cc(-c2ccc(-n3c4ccccc4c4cc(-c5ccccc5)ccc43)cc2-c2cccc3ccccc23)n1. The van der Waals surface area contributed by atoms with E-state index >= 15 is 0 Å². The summed E-state index contributed by atoms with van der Waals surface area (Å²) in [5.41, 5.74) is 24.1. The first-order valence-corrected chi connectivity index (χ1v) is 28.9. The lowest BCUT2D eigenvalue weighted by molar-refractivity contribution is 1.17. The van der Waals surface area contributed by atoms with E-state index in [0.29, 0.717) is 0 Å². The smallest absolute Gasteiger partial charge is 0.0718 e. The van der Waals surface area contributed by atoms with Crippen LogP contribution in [0.15, 0.2) is 291 Å². The summed E-state index contributed by atoms with van der Waals surface area (Å²) in [5.74, 6) is 0. The third kappa shape index (κ3) is 8.38. The normalized spacial score (nSPS) is 11.7. The van der Waals surface area contributed by atoms with Crippen LogP contribution in [0.4, 0.5) is 0 Å². The van der Waals surface area contributed by atoms with Gasteiger partial charge in [0.05, 0.1) is 39.1 Å². The number of aromatic nitrogens is 4. The topological polar surface area (TPSA) is 35.6 Å². The summed E-state index contributed by atoms with van der Waals surface area (Å²) in [6.07, 6.45) is 0. The molecule has 0 amide bonds. The van der Waals surface area contributed by atoms with E-state index in [1.807, 2.05) is 0 Å². The van der Waals surface area contributed by atoms with Gasteiger partial charge in [-0.05, 0) is 176 Å². The molecule has 4 heteroatoms. The molecule has 16 rings (SSSR count). The van der Waals surface area contributed by atoms with E-state index in [0.717, 1.165) is 89.7 Å². The summed E-state index contributed by atoms with van der Waals surface area (Å²) in [7, 11) is 0. The second-order valence-corrected chi connectivity index (χ2v) is 22.2. The van der Waals surface area contributed by atoms with Crippen molar-refractivity contribution in [1.82, 2.24) is 19.1 Å². The zero-order chi connectivity index (χ0) is 55.8. The fourth-order valence-electron chi connectivity index (χ4n) is 13.1. The molecule has 0 aliphatic carbocycles. The van der Waals surface area contributed by atoms with Crippen LogP contribution in [0.5, 0.6) is 0 Å². The van der Waals surface area contributed by atoms with Crippen LogP contribution >= 0.6 is 0 Å². The number of fused-ring (bicyclic) bond motifs is 8. The van der Waals surface area contributed by atoms with Gasteiger partial charge in [-0.3, -0.25) is 4.98 Å². The van der Waals surface area contributed by atoms with E-state index in [9.17, 15) is 0 Å². The minimum Gasteiger partial charge on any atom is -0.309 e. The molecular formula is C80H54N4. The van der Waals surface area contributed by atoms with Crippen LogP contribution in [-0.2, 0) is 0 Å². The molecule has 0 N–H and O–H groups in total. The number of nitrogens with zero attached hydrogens (tertiary/aromatic N) is 4. The first-order valence-electron chi connectivity index (χ1n) is 28.9. The third-order valence-corrected chi connectivity index (χ3v) is 17.1. The van der Waals surface area contributed by atoms with Crippen LogP contribution in [-0.4, -0.2) is 19.1 Å². The number of rotatable bonds is 9. The summed E-state index contributed by atoms with van der Waals surface area (Å²) >= 11 is 0. The second kappa shape index (κ2) is 19.9. The molecule has 12 aromatic carbocycles. The molecular weight excluding hydrogens is 1020 g/mol. The zero-order valence-corrected chi connectivity index (χ0v) is 46.5. The van der Waals surface area contributed by atoms with Crippen molar-refractivity contribution in [1.29, 1.82) is 0 Å². The summed E-state index contributed by atoms with van der Waals surface area (Å²) in [6, 6.07) is 106. The van der Waals surface area contributed by atoms with Crippen LogP contribution in [0, 0.1) is 13.8 Å². The largest absolute Gasteiger partial charge is 0.309 e. The maximum Gasteiger partial charge on any atom is 0.0718 e. The van der Waals surface area contributed by atoms with Gasteiger partial charge < -0.3 is 9.13 Å². The Bertz CT molecular complexity index is 5270. The predicted octanol–water partition coefficient (Wildman–Crippen LogP) is 21.3. The van der Waals surface area contributed by atoms with Crippen LogP contribution in [0.1, 0.15) is 11.3 Å². The fourth-order valence-corrected chi connectivity index (χ4v) is 13.1. The summed E-state index contributed by atoms with van der Waals surface area (Å²) in [4.78, 5) is 11.0. The lowest BCUT2D eigenvalue weighted by Gasteiger charge is -2.18. The van der Waals surface area contributed by atoms with Crippen molar-refractivity contribution in [2.24, 2.45) is 0 Å². The molecule has 0 radical (unpaired) electrons. The van der Waals surface area contributed by atoms with Crippen molar-refractivity contribution < 1.29 is 0 Å². The molecule has 0 aliphatic heterocycles. The molecule has 0 saturated heterocycles. The van der Waals surface area contributed by atoms with Gasteiger partial charge in [0.25, 0.3) is 0 Å². The Labute approximate surface area is 487 Å². The number of hydrogen-bond donors (Lipinski definition) is 0. The highest BCUT2D eigenvalue weighted by atomic mass is 15.0. The highest BCUT2D eigenvalue weighted by molar-refractivity contribution is 6.12. The summed E-state index contributed by atoms with van der Waals surface area (Å²) < 4.78 is 4.84. The Balaban J connectivity index is 0.855. The minimum atomic E-state index is 0.905. The molecule has 0 aliphatic rings. The lowest BCUT2D eigenvalue weighted by atomic mass is 9.91. The lowest BCUT2D eigenvalue weighted by Crippen LogP contribution is -1.99. The van der Waals surface area contributed by atoms with Crippen molar-refractivity contribution in [2.75, 3.05) is 0 Å². The zero-order valence-electron chi connectivity index (χ0n) is 46.5. The van der Waals surface area contributed by atoms with Gasteiger partial charge in [-0.1, -0.05) is 200 Å². The van der Waals surface area contributed by atoms with Crippen LogP contribution in [0.3, 0.4) is 0 Å². The Hall–Kier alpha value is -10.9. The van der Waals surface area contributed by atoms with Crippen LogP contribution < -0.4 is 0 Å². The van der Waals surface area contributed by atoms with E-state index < -0.39 is 0 Å². The van der Waals surface area contributed by atoms with E-state index in [1.165, 1.54) is 76.4 Å². The third-order valence-electron chi connectivity index (χ3n) is 17.1. The molecule has 84 heavy (non-hydrogen) atoms. The average molecular weight is 1070 g/mol. The maximum absolute atomic E-state index is 5.56. The van der Waals surface area contributed by atoms with Crippen molar-refractivity contribution in [3.63, 3.8) is 0 Å². The van der Waals surface area contributed by atoms with Gasteiger partial charge in [0.15, 0.2) is 0 Å². The molecule has 0 bridgehead atoms. The van der Waals surface area contributed by atoms with Gasteiger partial charge in [-0.2, -0.15) is 0 Å². The van der Waals surface area contributed by atoms with Crippen LogP contribution in [0.2, 0.25) is 0 Å². The highest BCUT2D eigenvalue weighted by Gasteiger charge is 2.21. The van der Waals surface area contributed by atoms with Gasteiger partial charge in [0, 0.05) is 55.3 Å². The van der Waals surface area contributed by atoms with Crippen LogP contribution in [0.25, 0.3) is 155 Å². The number of hydrogen-bond acceptors (Lipinski definition) is 2. The van der Waals surface area contributed by atoms with E-state index in [1.54, 1.807) is 0 Å². The molecule has 4 aromatic heterocycles. The molecule has 0 unspecified atom stereocenters. The monoisotopic (exact) mass is 1070 g/mol. The Kier molecular flexibility index (Phi) is 11.6. The van der Waals surface area contributed by atoms with Crippen molar-refractivity contribution in [2.45, 2.75) is 13.8 Å². The second-order valence-electron chi connectivity index (χ2n) is 22.2. The Morgan fingerprint density at radius 1 is 0.238 bits per heavy atom. The fraction of sp³-hybridized carbons (Fsp3) is 0.0250. The van der Waals surface area contributed by atoms with E-state index in [-0.39, 0.29) is 0 Å². The van der Waals surface area contributed by atoms with E-state index in [2.05, 4.69) is 314 Å². The maximum atomic E-state index is 5.56. The number of pyridine rings is 2. The molecule has 4 heterocycles. The standard InChI is InChI=1S/C80H54N4/c1-51-42-63(83-77-30-15-13-27-69(77)72-45-58(34-40-79(72)83)53-18-5-3-6-19-53)36-38-65(51)75-49-62(47-74(82-75)60-33-32-55-22-9-10-24-57(55)44-60)61-43-52(2)81-76(48-61)68-39-37-64(50-71(68)67-29-17-25-56-23-11-12-26-66(56)67)84-78-31-16-14-28-70(78)73-46-59(35-41-80(73)84)54-20-7-4-8-21-54/h3-50H,1-2H3. The minimum absolute atomic E-state index is 0.905. The summed E-state index contributed by atoms with van der Waals surface area (Å²) in [5, 5.41) is 9.66. The number of aryl methyl sites for hydroxylation is 2. The summed E-state index contributed by atoms with van der Waals surface area (Å²) in [6.45, 7) is 4.34. The first-order chi connectivity index (χ1) is 41.4. The molecule has 0 saturated carbocycles. The van der Waals surface area contributed by atoms with Gasteiger partial charge in [0.1, 0.15) is 0 Å². The predicted molar refractivity (Wildman–Crippen MR) is 353 cm³/mol. The first kappa shape index (κ1) is 48.9. The Morgan fingerprint density at radius 3 is 1.39 bits per heavy atom. The number of benzene rings is 12.